The van der Waals surface area contributed by atoms with E-state index in [9.17, 15) is 4.79 Å². The van der Waals surface area contributed by atoms with Gasteiger partial charge in [0.2, 0.25) is 5.91 Å². The van der Waals surface area contributed by atoms with E-state index in [4.69, 9.17) is 9.72 Å². The molecule has 1 aliphatic rings. The van der Waals surface area contributed by atoms with Crippen molar-refractivity contribution < 1.29 is 9.53 Å². The molecule has 1 fully saturated rings. The Hall–Kier alpha value is -1.57. The highest BCUT2D eigenvalue weighted by Gasteiger charge is 2.20. The van der Waals surface area contributed by atoms with Crippen molar-refractivity contribution in [3.05, 3.63) is 34.8 Å². The van der Waals surface area contributed by atoms with Gasteiger partial charge in [0.25, 0.3) is 0 Å². The highest BCUT2D eigenvalue weighted by atomic mass is 32.2. The molecule has 1 aromatic carbocycles. The third-order valence-electron chi connectivity index (χ3n) is 4.37. The summed E-state index contributed by atoms with van der Waals surface area (Å²) in [5, 5.41) is 7.50. The van der Waals surface area contributed by atoms with Gasteiger partial charge >= 0.3 is 0 Å². The van der Waals surface area contributed by atoms with E-state index in [2.05, 4.69) is 10.6 Å². The molecule has 0 saturated carbocycles. The predicted molar refractivity (Wildman–Crippen MR) is 109 cm³/mol. The first-order chi connectivity index (χ1) is 12.6. The molecular weight excluding hydrogens is 366 g/mol. The Labute approximate surface area is 162 Å². The van der Waals surface area contributed by atoms with Crippen LogP contribution in [-0.2, 0) is 4.79 Å². The Morgan fingerprint density at radius 2 is 2.19 bits per heavy atom. The second-order valence-electron chi connectivity index (χ2n) is 6.42. The molecule has 2 heterocycles. The van der Waals surface area contributed by atoms with Crippen LogP contribution >= 0.6 is 23.1 Å². The Morgan fingerprint density at radius 3 is 2.85 bits per heavy atom. The molecule has 2 unspecified atom stereocenters. The first-order valence-corrected chi connectivity index (χ1v) is 10.8. The van der Waals surface area contributed by atoms with Crippen LogP contribution in [0.2, 0.25) is 0 Å². The Balaban J connectivity index is 1.64. The summed E-state index contributed by atoms with van der Waals surface area (Å²) in [6.07, 6.45) is 0.528. The molecule has 0 aliphatic carbocycles. The van der Waals surface area contributed by atoms with Crippen molar-refractivity contribution in [1.29, 1.82) is 0 Å². The van der Waals surface area contributed by atoms with Crippen LogP contribution in [0.1, 0.15) is 30.0 Å². The first-order valence-electron chi connectivity index (χ1n) is 8.79. The number of hydrogen-bond acceptors (Lipinski definition) is 6. The Bertz CT molecular complexity index is 740. The average molecular weight is 392 g/mol. The van der Waals surface area contributed by atoms with Crippen molar-refractivity contribution in [1.82, 2.24) is 15.6 Å². The number of methoxy groups -OCH3 is 1. The molecule has 1 amide bonds. The molecule has 2 N–H and O–H groups in total. The van der Waals surface area contributed by atoms with Crippen LogP contribution < -0.4 is 15.4 Å². The SMILES string of the molecule is COc1ccc(-c2nc(C)c(C(C)NC(=O)CC3CSCCN3)s2)cc1. The summed E-state index contributed by atoms with van der Waals surface area (Å²) in [5.41, 5.74) is 2.03. The minimum absolute atomic E-state index is 0.0387. The van der Waals surface area contributed by atoms with Gasteiger partial charge < -0.3 is 15.4 Å². The summed E-state index contributed by atoms with van der Waals surface area (Å²) in [7, 11) is 1.66. The van der Waals surface area contributed by atoms with Gasteiger partial charge in [0.05, 0.1) is 23.7 Å². The normalized spacial score (nSPS) is 18.3. The lowest BCUT2D eigenvalue weighted by Crippen LogP contribution is -2.41. The molecule has 140 valence electrons. The molecule has 0 spiro atoms. The third kappa shape index (κ3) is 4.78. The zero-order valence-electron chi connectivity index (χ0n) is 15.4. The quantitative estimate of drug-likeness (QED) is 0.790. The van der Waals surface area contributed by atoms with Crippen LogP contribution in [0.15, 0.2) is 24.3 Å². The van der Waals surface area contributed by atoms with Crippen molar-refractivity contribution in [2.75, 3.05) is 25.2 Å². The summed E-state index contributed by atoms with van der Waals surface area (Å²) in [6, 6.07) is 8.13. The van der Waals surface area contributed by atoms with E-state index in [0.29, 0.717) is 6.42 Å². The van der Waals surface area contributed by atoms with Crippen LogP contribution in [-0.4, -0.2) is 42.1 Å². The van der Waals surface area contributed by atoms with Crippen molar-refractivity contribution in [2.24, 2.45) is 0 Å². The number of thiazole rings is 1. The minimum atomic E-state index is -0.0387. The van der Waals surface area contributed by atoms with Gasteiger partial charge in [-0.05, 0) is 38.1 Å². The Kier molecular flexibility index (Phi) is 6.56. The van der Waals surface area contributed by atoms with Gasteiger partial charge in [-0.3, -0.25) is 4.79 Å². The van der Waals surface area contributed by atoms with E-state index in [1.165, 1.54) is 0 Å². The van der Waals surface area contributed by atoms with Gasteiger partial charge in [-0.25, -0.2) is 4.98 Å². The number of thioether (sulfide) groups is 1. The Morgan fingerprint density at radius 1 is 1.42 bits per heavy atom. The van der Waals surface area contributed by atoms with Crippen molar-refractivity contribution >= 4 is 29.0 Å². The lowest BCUT2D eigenvalue weighted by atomic mass is 10.2. The number of nitrogens with one attached hydrogen (secondary N) is 2. The number of carbonyl (C=O) groups excluding carboxylic acids is 1. The molecule has 1 aliphatic heterocycles. The van der Waals surface area contributed by atoms with Crippen LogP contribution in [0.4, 0.5) is 0 Å². The summed E-state index contributed by atoms with van der Waals surface area (Å²) in [5.74, 6) is 3.06. The van der Waals surface area contributed by atoms with Crippen molar-refractivity contribution in [3.63, 3.8) is 0 Å². The highest BCUT2D eigenvalue weighted by molar-refractivity contribution is 7.99. The molecule has 1 saturated heterocycles. The summed E-state index contributed by atoms with van der Waals surface area (Å²) >= 11 is 3.54. The molecule has 0 bridgehead atoms. The van der Waals surface area contributed by atoms with Crippen LogP contribution in [0.3, 0.4) is 0 Å². The number of ether oxygens (including phenoxy) is 1. The number of aromatic nitrogens is 1. The van der Waals surface area contributed by atoms with E-state index < -0.39 is 0 Å². The van der Waals surface area contributed by atoms with Crippen LogP contribution in [0.5, 0.6) is 5.75 Å². The smallest absolute Gasteiger partial charge is 0.222 e. The summed E-state index contributed by atoms with van der Waals surface area (Å²) in [4.78, 5) is 18.2. The van der Waals surface area contributed by atoms with Gasteiger partial charge in [0.1, 0.15) is 10.8 Å². The summed E-state index contributed by atoms with van der Waals surface area (Å²) in [6.45, 7) is 5.01. The molecule has 2 aromatic rings. The second kappa shape index (κ2) is 8.88. The van der Waals surface area contributed by atoms with E-state index in [1.54, 1.807) is 18.4 Å². The average Bonchev–Trinajstić information content (AvgIpc) is 3.04. The fourth-order valence-corrected chi connectivity index (χ4v) is 5.03. The van der Waals surface area contributed by atoms with E-state index in [-0.39, 0.29) is 18.0 Å². The number of benzene rings is 1. The van der Waals surface area contributed by atoms with Gasteiger partial charge in [-0.1, -0.05) is 0 Å². The second-order valence-corrected chi connectivity index (χ2v) is 8.60. The molecule has 5 nitrogen and oxygen atoms in total. The third-order valence-corrected chi connectivity index (χ3v) is 6.89. The lowest BCUT2D eigenvalue weighted by Gasteiger charge is -2.23. The van der Waals surface area contributed by atoms with E-state index in [0.717, 1.165) is 44.9 Å². The molecule has 1 aromatic heterocycles. The largest absolute Gasteiger partial charge is 0.497 e. The first kappa shape index (κ1) is 19.2. The number of nitrogens with zero attached hydrogens (tertiary/aromatic N) is 1. The number of amides is 1. The molecule has 7 heteroatoms. The van der Waals surface area contributed by atoms with Crippen LogP contribution in [0, 0.1) is 6.92 Å². The van der Waals surface area contributed by atoms with Crippen molar-refractivity contribution in [3.8, 4) is 16.3 Å². The number of hydrogen-bond donors (Lipinski definition) is 2. The van der Waals surface area contributed by atoms with E-state index >= 15 is 0 Å². The number of aryl methyl sites for hydroxylation is 1. The zero-order valence-corrected chi connectivity index (χ0v) is 17.0. The number of rotatable bonds is 6. The maximum atomic E-state index is 12.4. The molecule has 3 rings (SSSR count). The van der Waals surface area contributed by atoms with Gasteiger partial charge in [0.15, 0.2) is 0 Å². The molecule has 0 radical (unpaired) electrons. The highest BCUT2D eigenvalue weighted by Crippen LogP contribution is 2.32. The lowest BCUT2D eigenvalue weighted by molar-refractivity contribution is -0.122. The maximum Gasteiger partial charge on any atom is 0.222 e. The topological polar surface area (TPSA) is 63.2 Å². The van der Waals surface area contributed by atoms with Crippen molar-refractivity contribution in [2.45, 2.75) is 32.4 Å². The summed E-state index contributed by atoms with van der Waals surface area (Å²) < 4.78 is 5.21. The number of carbonyl (C=O) groups is 1. The fraction of sp³-hybridized carbons (Fsp3) is 0.474. The van der Waals surface area contributed by atoms with Crippen LogP contribution in [0.25, 0.3) is 10.6 Å². The zero-order chi connectivity index (χ0) is 18.5. The van der Waals surface area contributed by atoms with Gasteiger partial charge in [0, 0.05) is 36.1 Å². The maximum absolute atomic E-state index is 12.4. The molecular formula is C19H25N3O2S2. The van der Waals surface area contributed by atoms with Gasteiger partial charge in [-0.2, -0.15) is 11.8 Å². The predicted octanol–water partition coefficient (Wildman–Crippen LogP) is 3.40. The van der Waals surface area contributed by atoms with E-state index in [1.807, 2.05) is 49.9 Å². The standard InChI is InChI=1S/C19H25N3O2S2/c1-12(21-17(23)10-15-11-25-9-8-20-15)18-13(2)22-19(26-18)14-4-6-16(24-3)7-5-14/h4-7,12,15,20H,8-11H2,1-3H3,(H,21,23). The monoisotopic (exact) mass is 391 g/mol. The fourth-order valence-electron chi connectivity index (χ4n) is 3.01. The van der Waals surface area contributed by atoms with Gasteiger partial charge in [-0.15, -0.1) is 11.3 Å². The minimum Gasteiger partial charge on any atom is -0.497 e. The molecule has 2 atom stereocenters. The molecule has 26 heavy (non-hydrogen) atoms.